The summed E-state index contributed by atoms with van der Waals surface area (Å²) in [5.74, 6) is 0.698. The van der Waals surface area contributed by atoms with E-state index in [0.717, 1.165) is 17.0 Å². The van der Waals surface area contributed by atoms with Crippen molar-refractivity contribution >= 4 is 21.9 Å². The van der Waals surface area contributed by atoms with Crippen LogP contribution in [0.4, 0.5) is 0 Å². The van der Waals surface area contributed by atoms with Gasteiger partial charge in [-0.1, -0.05) is 78.9 Å². The predicted molar refractivity (Wildman–Crippen MR) is 110 cm³/mol. The molecule has 0 spiro atoms. The standard InChI is InChI=1S/C25H19NO/c1-17-8-2-5-11-21(17)24(25-26-22-12-6-7-13-23(22)27-25)20-15-14-18-9-3-4-10-19(18)16-20/h2-16,24H,1H3. The molecule has 0 amide bonds. The molecule has 1 aromatic heterocycles. The van der Waals surface area contributed by atoms with Gasteiger partial charge in [0, 0.05) is 0 Å². The van der Waals surface area contributed by atoms with Crippen LogP contribution < -0.4 is 0 Å². The smallest absolute Gasteiger partial charge is 0.207 e. The second-order valence-electron chi connectivity index (χ2n) is 6.92. The van der Waals surface area contributed by atoms with E-state index >= 15 is 0 Å². The minimum atomic E-state index is -0.0387. The lowest BCUT2D eigenvalue weighted by atomic mass is 9.87. The van der Waals surface area contributed by atoms with Crippen molar-refractivity contribution in [1.29, 1.82) is 0 Å². The molecule has 2 nitrogen and oxygen atoms in total. The largest absolute Gasteiger partial charge is 0.440 e. The summed E-state index contributed by atoms with van der Waals surface area (Å²) < 4.78 is 6.19. The highest BCUT2D eigenvalue weighted by molar-refractivity contribution is 5.83. The Bertz CT molecular complexity index is 1220. The van der Waals surface area contributed by atoms with Gasteiger partial charge in [0.15, 0.2) is 5.58 Å². The third kappa shape index (κ3) is 2.80. The summed E-state index contributed by atoms with van der Waals surface area (Å²) in [5.41, 5.74) is 5.37. The van der Waals surface area contributed by atoms with E-state index in [1.54, 1.807) is 0 Å². The van der Waals surface area contributed by atoms with Crippen molar-refractivity contribution in [2.24, 2.45) is 0 Å². The Morgan fingerprint density at radius 3 is 2.33 bits per heavy atom. The lowest BCUT2D eigenvalue weighted by Gasteiger charge is -2.17. The molecule has 5 aromatic rings. The molecule has 130 valence electrons. The van der Waals surface area contributed by atoms with E-state index in [9.17, 15) is 0 Å². The molecule has 2 heteroatoms. The van der Waals surface area contributed by atoms with Crippen molar-refractivity contribution in [3.63, 3.8) is 0 Å². The minimum Gasteiger partial charge on any atom is -0.440 e. The van der Waals surface area contributed by atoms with Crippen molar-refractivity contribution in [2.75, 3.05) is 0 Å². The molecule has 1 heterocycles. The van der Waals surface area contributed by atoms with E-state index in [1.165, 1.54) is 27.5 Å². The average Bonchev–Trinajstić information content (AvgIpc) is 3.13. The monoisotopic (exact) mass is 349 g/mol. The van der Waals surface area contributed by atoms with Crippen LogP contribution in [0.2, 0.25) is 0 Å². The summed E-state index contributed by atoms with van der Waals surface area (Å²) >= 11 is 0. The molecule has 0 aliphatic rings. The fourth-order valence-electron chi connectivity index (χ4n) is 3.77. The van der Waals surface area contributed by atoms with Crippen LogP contribution in [-0.4, -0.2) is 4.98 Å². The fraction of sp³-hybridized carbons (Fsp3) is 0.0800. The Balaban J connectivity index is 1.75. The molecule has 0 N–H and O–H groups in total. The normalized spacial score (nSPS) is 12.5. The number of oxazole rings is 1. The molecular weight excluding hydrogens is 330 g/mol. The predicted octanol–water partition coefficient (Wildman–Crippen LogP) is 6.47. The highest BCUT2D eigenvalue weighted by Gasteiger charge is 2.24. The molecule has 1 atom stereocenters. The van der Waals surface area contributed by atoms with E-state index < -0.39 is 0 Å². The van der Waals surface area contributed by atoms with Crippen LogP contribution >= 0.6 is 0 Å². The van der Waals surface area contributed by atoms with E-state index in [4.69, 9.17) is 9.40 Å². The zero-order chi connectivity index (χ0) is 18.2. The quantitative estimate of drug-likeness (QED) is 0.373. The summed E-state index contributed by atoms with van der Waals surface area (Å²) in [6, 6.07) is 31.5. The molecule has 0 fully saturated rings. The zero-order valence-electron chi connectivity index (χ0n) is 15.1. The van der Waals surface area contributed by atoms with Crippen LogP contribution in [0.15, 0.2) is 95.4 Å². The highest BCUT2D eigenvalue weighted by atomic mass is 16.3. The van der Waals surface area contributed by atoms with Crippen molar-refractivity contribution in [1.82, 2.24) is 4.98 Å². The molecule has 0 saturated carbocycles. The van der Waals surface area contributed by atoms with Gasteiger partial charge in [0.05, 0.1) is 5.92 Å². The number of hydrogen-bond acceptors (Lipinski definition) is 2. The van der Waals surface area contributed by atoms with E-state index in [2.05, 4.69) is 73.7 Å². The zero-order valence-corrected chi connectivity index (χ0v) is 15.1. The van der Waals surface area contributed by atoms with E-state index in [0.29, 0.717) is 0 Å². The van der Waals surface area contributed by atoms with Crippen LogP contribution in [0.25, 0.3) is 21.9 Å². The van der Waals surface area contributed by atoms with Gasteiger partial charge in [0.1, 0.15) is 5.52 Å². The van der Waals surface area contributed by atoms with E-state index in [1.807, 2.05) is 24.3 Å². The van der Waals surface area contributed by atoms with Gasteiger partial charge in [-0.25, -0.2) is 4.98 Å². The SMILES string of the molecule is Cc1ccccc1C(c1ccc2ccccc2c1)c1nc2ccccc2o1. The Morgan fingerprint density at radius 2 is 1.48 bits per heavy atom. The first kappa shape index (κ1) is 15.8. The molecule has 1 unspecified atom stereocenters. The first-order chi connectivity index (χ1) is 13.3. The molecule has 5 rings (SSSR count). The molecule has 4 aromatic carbocycles. The van der Waals surface area contributed by atoms with Crippen LogP contribution in [0.5, 0.6) is 0 Å². The minimum absolute atomic E-state index is 0.0387. The first-order valence-corrected chi connectivity index (χ1v) is 9.19. The highest BCUT2D eigenvalue weighted by Crippen LogP contribution is 2.36. The van der Waals surface area contributed by atoms with Crippen LogP contribution in [-0.2, 0) is 0 Å². The molecular formula is C25H19NO. The third-order valence-corrected chi connectivity index (χ3v) is 5.16. The lowest BCUT2D eigenvalue weighted by Crippen LogP contribution is -2.05. The van der Waals surface area contributed by atoms with Gasteiger partial charge >= 0.3 is 0 Å². The second-order valence-corrected chi connectivity index (χ2v) is 6.92. The summed E-state index contributed by atoms with van der Waals surface area (Å²) in [6.45, 7) is 2.14. The summed E-state index contributed by atoms with van der Waals surface area (Å²) in [4.78, 5) is 4.82. The van der Waals surface area contributed by atoms with Crippen molar-refractivity contribution < 1.29 is 4.42 Å². The van der Waals surface area contributed by atoms with Crippen molar-refractivity contribution in [3.05, 3.63) is 114 Å². The number of rotatable bonds is 3. The van der Waals surface area contributed by atoms with Gasteiger partial charge in [-0.3, -0.25) is 0 Å². The van der Waals surface area contributed by atoms with Gasteiger partial charge in [-0.2, -0.15) is 0 Å². The number of hydrogen-bond donors (Lipinski definition) is 0. The summed E-state index contributed by atoms with van der Waals surface area (Å²) in [5, 5.41) is 2.46. The fourth-order valence-corrected chi connectivity index (χ4v) is 3.77. The maximum absolute atomic E-state index is 6.19. The number of aromatic nitrogens is 1. The number of fused-ring (bicyclic) bond motifs is 2. The first-order valence-electron chi connectivity index (χ1n) is 9.19. The van der Waals surface area contributed by atoms with Crippen molar-refractivity contribution in [2.45, 2.75) is 12.8 Å². The lowest BCUT2D eigenvalue weighted by molar-refractivity contribution is 0.521. The van der Waals surface area contributed by atoms with Gasteiger partial charge in [0.2, 0.25) is 5.89 Å². The number of benzene rings is 4. The molecule has 0 aliphatic carbocycles. The molecule has 0 aliphatic heterocycles. The molecule has 0 saturated heterocycles. The van der Waals surface area contributed by atoms with Crippen LogP contribution in [0.1, 0.15) is 28.5 Å². The number of nitrogens with zero attached hydrogens (tertiary/aromatic N) is 1. The average molecular weight is 349 g/mol. The Morgan fingerprint density at radius 1 is 0.741 bits per heavy atom. The van der Waals surface area contributed by atoms with Crippen LogP contribution in [0, 0.1) is 6.92 Å². The Labute approximate surface area is 158 Å². The Kier molecular flexibility index (Phi) is 3.75. The topological polar surface area (TPSA) is 26.0 Å². The maximum atomic E-state index is 6.19. The molecule has 0 radical (unpaired) electrons. The van der Waals surface area contributed by atoms with Gasteiger partial charge < -0.3 is 4.42 Å². The molecule has 0 bridgehead atoms. The second kappa shape index (κ2) is 6.40. The third-order valence-electron chi connectivity index (χ3n) is 5.16. The summed E-state index contributed by atoms with van der Waals surface area (Å²) in [7, 11) is 0. The summed E-state index contributed by atoms with van der Waals surface area (Å²) in [6.07, 6.45) is 0. The Hall–Kier alpha value is -3.39. The van der Waals surface area contributed by atoms with Gasteiger partial charge in [0.25, 0.3) is 0 Å². The van der Waals surface area contributed by atoms with Gasteiger partial charge in [-0.15, -0.1) is 0 Å². The van der Waals surface area contributed by atoms with Crippen molar-refractivity contribution in [3.8, 4) is 0 Å². The maximum Gasteiger partial charge on any atom is 0.207 e. The van der Waals surface area contributed by atoms with Gasteiger partial charge in [-0.05, 0) is 46.5 Å². The number of aryl methyl sites for hydroxylation is 1. The van der Waals surface area contributed by atoms with E-state index in [-0.39, 0.29) is 5.92 Å². The molecule has 27 heavy (non-hydrogen) atoms. The number of para-hydroxylation sites is 2. The van der Waals surface area contributed by atoms with Crippen LogP contribution in [0.3, 0.4) is 0 Å².